The molecule has 0 heterocycles. The first-order valence-electron chi connectivity index (χ1n) is 5.39. The highest BCUT2D eigenvalue weighted by atomic mass is 127. The van der Waals surface area contributed by atoms with Gasteiger partial charge in [0.1, 0.15) is 0 Å². The molecule has 1 aromatic carbocycles. The van der Waals surface area contributed by atoms with Crippen molar-refractivity contribution in [2.45, 2.75) is 20.0 Å². The smallest absolute Gasteiger partial charge is 0.251 e. The highest BCUT2D eigenvalue weighted by Crippen LogP contribution is 2.19. The number of carbonyl (C=O) groups is 1. The van der Waals surface area contributed by atoms with E-state index in [9.17, 15) is 4.79 Å². The average Bonchev–Trinajstić information content (AvgIpc) is 2.30. The van der Waals surface area contributed by atoms with Gasteiger partial charge < -0.3 is 10.1 Å². The number of benzene rings is 1. The van der Waals surface area contributed by atoms with E-state index in [1.54, 1.807) is 12.1 Å². The summed E-state index contributed by atoms with van der Waals surface area (Å²) >= 11 is 8.08. The number of amides is 1. The van der Waals surface area contributed by atoms with Crippen LogP contribution in [0, 0.1) is 3.57 Å². The highest BCUT2D eigenvalue weighted by molar-refractivity contribution is 14.1. The van der Waals surface area contributed by atoms with E-state index in [-0.39, 0.29) is 12.0 Å². The predicted octanol–water partition coefficient (Wildman–Crippen LogP) is 3.10. The monoisotopic (exact) mass is 367 g/mol. The minimum Gasteiger partial charge on any atom is -0.377 e. The minimum atomic E-state index is -0.130. The molecule has 3 nitrogen and oxygen atoms in total. The SMILES string of the molecule is CCOC(C)CNC(=O)c1ccc(I)c(Cl)c1. The largest absolute Gasteiger partial charge is 0.377 e. The van der Waals surface area contributed by atoms with E-state index in [0.717, 1.165) is 3.57 Å². The third-order valence-electron chi connectivity index (χ3n) is 2.18. The molecule has 0 spiro atoms. The third kappa shape index (κ3) is 4.81. The Kier molecular flexibility index (Phi) is 6.22. The number of hydrogen-bond acceptors (Lipinski definition) is 2. The lowest BCUT2D eigenvalue weighted by Gasteiger charge is -2.12. The second-order valence-electron chi connectivity index (χ2n) is 3.60. The summed E-state index contributed by atoms with van der Waals surface area (Å²) in [5, 5.41) is 3.40. The molecule has 1 rings (SSSR count). The van der Waals surface area contributed by atoms with E-state index < -0.39 is 0 Å². The summed E-state index contributed by atoms with van der Waals surface area (Å²) in [4.78, 5) is 11.8. The van der Waals surface area contributed by atoms with Gasteiger partial charge in [-0.15, -0.1) is 0 Å². The number of rotatable bonds is 5. The Morgan fingerprint density at radius 2 is 2.29 bits per heavy atom. The van der Waals surface area contributed by atoms with Crippen LogP contribution in [0.1, 0.15) is 24.2 Å². The van der Waals surface area contributed by atoms with E-state index in [1.807, 2.05) is 19.9 Å². The quantitative estimate of drug-likeness (QED) is 0.812. The van der Waals surface area contributed by atoms with Crippen molar-refractivity contribution < 1.29 is 9.53 Å². The molecule has 0 saturated carbocycles. The van der Waals surface area contributed by atoms with Crippen LogP contribution in [0.15, 0.2) is 18.2 Å². The molecule has 0 aliphatic heterocycles. The summed E-state index contributed by atoms with van der Waals surface area (Å²) < 4.78 is 6.26. The Labute approximate surface area is 120 Å². The number of halogens is 2. The van der Waals surface area contributed by atoms with Crippen molar-refractivity contribution in [3.05, 3.63) is 32.4 Å². The molecule has 5 heteroatoms. The first-order chi connectivity index (χ1) is 8.04. The van der Waals surface area contributed by atoms with Crippen molar-refractivity contribution >= 4 is 40.1 Å². The number of nitrogens with one attached hydrogen (secondary N) is 1. The molecular formula is C12H15ClINO2. The second kappa shape index (κ2) is 7.18. The van der Waals surface area contributed by atoms with Gasteiger partial charge in [0.2, 0.25) is 0 Å². The standard InChI is InChI=1S/C12H15ClINO2/c1-3-17-8(2)7-15-12(16)9-4-5-11(14)10(13)6-9/h4-6,8H,3,7H2,1-2H3,(H,15,16). The molecule has 1 unspecified atom stereocenters. The Bertz CT molecular complexity index is 398. The predicted molar refractivity (Wildman–Crippen MR) is 77.6 cm³/mol. The molecule has 1 amide bonds. The maximum absolute atomic E-state index is 11.8. The van der Waals surface area contributed by atoms with Gasteiger partial charge >= 0.3 is 0 Å². The Morgan fingerprint density at radius 3 is 2.88 bits per heavy atom. The Balaban J connectivity index is 2.55. The maximum atomic E-state index is 11.8. The topological polar surface area (TPSA) is 38.3 Å². The van der Waals surface area contributed by atoms with Gasteiger partial charge in [0.25, 0.3) is 5.91 Å². The molecule has 1 aromatic rings. The first kappa shape index (κ1) is 14.7. The second-order valence-corrected chi connectivity index (χ2v) is 5.17. The van der Waals surface area contributed by atoms with Crippen LogP contribution in [0.2, 0.25) is 5.02 Å². The van der Waals surface area contributed by atoms with E-state index >= 15 is 0 Å². The van der Waals surface area contributed by atoms with E-state index in [2.05, 4.69) is 27.9 Å². The van der Waals surface area contributed by atoms with Crippen molar-refractivity contribution in [3.8, 4) is 0 Å². The fraction of sp³-hybridized carbons (Fsp3) is 0.417. The molecule has 0 aliphatic carbocycles. The first-order valence-corrected chi connectivity index (χ1v) is 6.85. The van der Waals surface area contributed by atoms with Gasteiger partial charge in [-0.05, 0) is 54.6 Å². The van der Waals surface area contributed by atoms with Gasteiger partial charge in [-0.1, -0.05) is 11.6 Å². The van der Waals surface area contributed by atoms with E-state index in [0.29, 0.717) is 23.7 Å². The number of ether oxygens (including phenoxy) is 1. The van der Waals surface area contributed by atoms with Crippen molar-refractivity contribution in [3.63, 3.8) is 0 Å². The lowest BCUT2D eigenvalue weighted by atomic mass is 10.2. The molecule has 0 saturated heterocycles. The molecule has 94 valence electrons. The minimum absolute atomic E-state index is 0.0169. The van der Waals surface area contributed by atoms with Crippen LogP contribution in [-0.4, -0.2) is 25.2 Å². The van der Waals surface area contributed by atoms with Crippen LogP contribution in [0.3, 0.4) is 0 Å². The summed E-state index contributed by atoms with van der Waals surface area (Å²) in [6, 6.07) is 5.25. The molecule has 0 aromatic heterocycles. The molecule has 1 N–H and O–H groups in total. The van der Waals surface area contributed by atoms with E-state index in [4.69, 9.17) is 16.3 Å². The van der Waals surface area contributed by atoms with Crippen molar-refractivity contribution in [1.29, 1.82) is 0 Å². The molecule has 1 atom stereocenters. The van der Waals surface area contributed by atoms with Crippen LogP contribution < -0.4 is 5.32 Å². The van der Waals surface area contributed by atoms with Crippen LogP contribution in [0.25, 0.3) is 0 Å². The van der Waals surface area contributed by atoms with Gasteiger partial charge in [-0.25, -0.2) is 0 Å². The van der Waals surface area contributed by atoms with Crippen LogP contribution in [-0.2, 0) is 4.74 Å². The summed E-state index contributed by atoms with van der Waals surface area (Å²) in [6.45, 7) is 4.99. The summed E-state index contributed by atoms with van der Waals surface area (Å²) in [5.74, 6) is -0.130. The molecular weight excluding hydrogens is 352 g/mol. The van der Waals surface area contributed by atoms with Crippen molar-refractivity contribution in [2.75, 3.05) is 13.2 Å². The maximum Gasteiger partial charge on any atom is 0.251 e. The zero-order valence-electron chi connectivity index (χ0n) is 9.80. The molecule has 0 radical (unpaired) electrons. The fourth-order valence-electron chi connectivity index (χ4n) is 1.32. The van der Waals surface area contributed by atoms with Gasteiger partial charge in [-0.2, -0.15) is 0 Å². The molecule has 0 bridgehead atoms. The number of hydrogen-bond donors (Lipinski definition) is 1. The van der Waals surface area contributed by atoms with Gasteiger partial charge in [0.05, 0.1) is 11.1 Å². The Morgan fingerprint density at radius 1 is 1.59 bits per heavy atom. The average molecular weight is 368 g/mol. The number of carbonyl (C=O) groups excluding carboxylic acids is 1. The fourth-order valence-corrected chi connectivity index (χ4v) is 1.84. The Hall–Kier alpha value is -0.330. The molecule has 0 fully saturated rings. The lowest BCUT2D eigenvalue weighted by Crippen LogP contribution is -2.32. The third-order valence-corrected chi connectivity index (χ3v) is 3.76. The van der Waals surface area contributed by atoms with Crippen LogP contribution in [0.4, 0.5) is 0 Å². The van der Waals surface area contributed by atoms with Crippen molar-refractivity contribution in [2.24, 2.45) is 0 Å². The molecule has 0 aliphatic rings. The summed E-state index contributed by atoms with van der Waals surface area (Å²) in [5.41, 5.74) is 0.569. The van der Waals surface area contributed by atoms with Gasteiger partial charge in [0, 0.05) is 22.3 Å². The van der Waals surface area contributed by atoms with E-state index in [1.165, 1.54) is 0 Å². The van der Waals surface area contributed by atoms with Gasteiger partial charge in [0.15, 0.2) is 0 Å². The van der Waals surface area contributed by atoms with Crippen LogP contribution >= 0.6 is 34.2 Å². The van der Waals surface area contributed by atoms with Gasteiger partial charge in [-0.3, -0.25) is 4.79 Å². The zero-order chi connectivity index (χ0) is 12.8. The van der Waals surface area contributed by atoms with Crippen LogP contribution in [0.5, 0.6) is 0 Å². The lowest BCUT2D eigenvalue weighted by molar-refractivity contribution is 0.0695. The highest BCUT2D eigenvalue weighted by Gasteiger charge is 2.09. The molecule has 17 heavy (non-hydrogen) atoms. The zero-order valence-corrected chi connectivity index (χ0v) is 12.7. The van der Waals surface area contributed by atoms with Crippen molar-refractivity contribution in [1.82, 2.24) is 5.32 Å². The normalized spacial score (nSPS) is 12.2. The summed E-state index contributed by atoms with van der Waals surface area (Å²) in [7, 11) is 0. The summed E-state index contributed by atoms with van der Waals surface area (Å²) in [6.07, 6.45) is 0.0169.